The number of rotatable bonds is 8. The maximum Gasteiger partial charge on any atom is 0.268 e. The van der Waals surface area contributed by atoms with Crippen LogP contribution >= 0.6 is 0 Å². The van der Waals surface area contributed by atoms with Crippen molar-refractivity contribution in [3.05, 3.63) is 77.9 Å². The molecule has 0 saturated carbocycles. The molecule has 7 nitrogen and oxygen atoms in total. The highest BCUT2D eigenvalue weighted by Gasteiger charge is 2.30. The number of nitrogens with one attached hydrogen (secondary N) is 1. The summed E-state index contributed by atoms with van der Waals surface area (Å²) < 4.78 is 65.2. The van der Waals surface area contributed by atoms with Crippen LogP contribution in [-0.4, -0.2) is 35.1 Å². The second-order valence-corrected chi connectivity index (χ2v) is 8.87. The molecule has 0 heterocycles. The summed E-state index contributed by atoms with van der Waals surface area (Å²) in [5, 5.41) is 2.39. The van der Waals surface area contributed by atoms with Crippen molar-refractivity contribution in [3.63, 3.8) is 0 Å². The van der Waals surface area contributed by atoms with E-state index in [1.165, 1.54) is 44.6 Å². The van der Waals surface area contributed by atoms with Gasteiger partial charge in [0, 0.05) is 11.8 Å². The van der Waals surface area contributed by atoms with Gasteiger partial charge in [0.25, 0.3) is 10.0 Å². The Morgan fingerprint density at radius 1 is 0.939 bits per heavy atom. The lowest BCUT2D eigenvalue weighted by Gasteiger charge is -2.25. The molecule has 0 unspecified atom stereocenters. The van der Waals surface area contributed by atoms with Crippen molar-refractivity contribution in [1.29, 1.82) is 0 Å². The van der Waals surface area contributed by atoms with Crippen LogP contribution in [0.3, 0.4) is 0 Å². The molecule has 3 aromatic carbocycles. The second-order valence-electron chi connectivity index (χ2n) is 7.04. The van der Waals surface area contributed by atoms with E-state index in [4.69, 9.17) is 9.47 Å². The van der Waals surface area contributed by atoms with Gasteiger partial charge < -0.3 is 14.8 Å². The summed E-state index contributed by atoms with van der Waals surface area (Å²) in [4.78, 5) is 12.6. The van der Waals surface area contributed by atoms with Crippen molar-refractivity contribution in [3.8, 4) is 11.5 Å². The lowest BCUT2D eigenvalue weighted by atomic mass is 10.2. The Balaban J connectivity index is 2.01. The number of hydrogen-bond donors (Lipinski definition) is 1. The van der Waals surface area contributed by atoms with Crippen molar-refractivity contribution in [2.24, 2.45) is 0 Å². The standard InChI is InChI=1S/C23H22F2N2O5S/c1-15-4-11-21(32-3)22(12-15)33(29,30)27(17-6-8-18(31-2)9-7-17)14-23(28)26-16-5-10-19(24)20(25)13-16/h4-13H,14H2,1-3H3,(H,26,28). The molecule has 1 amide bonds. The maximum atomic E-state index is 13.6. The Hall–Kier alpha value is -3.66. The van der Waals surface area contributed by atoms with E-state index in [9.17, 15) is 22.0 Å². The quantitative estimate of drug-likeness (QED) is 0.529. The van der Waals surface area contributed by atoms with Gasteiger partial charge in [0.15, 0.2) is 11.6 Å². The summed E-state index contributed by atoms with van der Waals surface area (Å²) in [6.45, 7) is 1.09. The van der Waals surface area contributed by atoms with Crippen LogP contribution in [0, 0.1) is 18.6 Å². The third kappa shape index (κ3) is 5.40. The molecule has 174 valence electrons. The van der Waals surface area contributed by atoms with Gasteiger partial charge in [0.05, 0.1) is 19.9 Å². The Kier molecular flexibility index (Phi) is 7.17. The Morgan fingerprint density at radius 2 is 1.64 bits per heavy atom. The van der Waals surface area contributed by atoms with Gasteiger partial charge in [-0.25, -0.2) is 17.2 Å². The lowest BCUT2D eigenvalue weighted by Crippen LogP contribution is -2.38. The van der Waals surface area contributed by atoms with Gasteiger partial charge in [-0.15, -0.1) is 0 Å². The molecular formula is C23H22F2N2O5S. The molecular weight excluding hydrogens is 454 g/mol. The van der Waals surface area contributed by atoms with Gasteiger partial charge in [-0.3, -0.25) is 9.10 Å². The minimum absolute atomic E-state index is 0.0147. The number of halogens is 2. The van der Waals surface area contributed by atoms with Gasteiger partial charge in [0.1, 0.15) is 22.9 Å². The number of benzene rings is 3. The monoisotopic (exact) mass is 476 g/mol. The average Bonchev–Trinajstić information content (AvgIpc) is 2.80. The van der Waals surface area contributed by atoms with Crippen molar-refractivity contribution in [1.82, 2.24) is 0 Å². The minimum Gasteiger partial charge on any atom is -0.497 e. The van der Waals surface area contributed by atoms with Crippen LogP contribution in [0.5, 0.6) is 11.5 Å². The zero-order chi connectivity index (χ0) is 24.2. The molecule has 0 aliphatic carbocycles. The normalized spacial score (nSPS) is 11.1. The molecule has 10 heteroatoms. The van der Waals surface area contributed by atoms with Crippen molar-refractivity contribution < 1.29 is 31.5 Å². The fraction of sp³-hybridized carbons (Fsp3) is 0.174. The van der Waals surface area contributed by atoms with Gasteiger partial charge in [-0.2, -0.15) is 0 Å². The molecule has 0 spiro atoms. The van der Waals surface area contributed by atoms with Crippen LogP contribution in [0.1, 0.15) is 5.56 Å². The SMILES string of the molecule is COc1ccc(N(CC(=O)Nc2ccc(F)c(F)c2)S(=O)(=O)c2cc(C)ccc2OC)cc1. The van der Waals surface area contributed by atoms with E-state index in [1.807, 2.05) is 0 Å². The fourth-order valence-corrected chi connectivity index (χ4v) is 4.74. The maximum absolute atomic E-state index is 13.6. The predicted molar refractivity (Wildman–Crippen MR) is 120 cm³/mol. The number of hydrogen-bond acceptors (Lipinski definition) is 5. The predicted octanol–water partition coefficient (Wildman–Crippen LogP) is 4.12. The van der Waals surface area contributed by atoms with Crippen LogP contribution in [-0.2, 0) is 14.8 Å². The number of aryl methyl sites for hydroxylation is 1. The van der Waals surface area contributed by atoms with E-state index in [2.05, 4.69) is 5.32 Å². The summed E-state index contributed by atoms with van der Waals surface area (Å²) >= 11 is 0. The second kappa shape index (κ2) is 9.86. The molecule has 1 N–H and O–H groups in total. The van der Waals surface area contributed by atoms with E-state index >= 15 is 0 Å². The number of carbonyl (C=O) groups is 1. The van der Waals surface area contributed by atoms with Crippen LogP contribution in [0.25, 0.3) is 0 Å². The van der Waals surface area contributed by atoms with E-state index < -0.39 is 34.1 Å². The largest absolute Gasteiger partial charge is 0.497 e. The van der Waals surface area contributed by atoms with Crippen molar-refractivity contribution in [2.75, 3.05) is 30.4 Å². The summed E-state index contributed by atoms with van der Waals surface area (Å²) in [6, 6.07) is 13.6. The zero-order valence-electron chi connectivity index (χ0n) is 18.1. The number of anilines is 2. The Bertz CT molecular complexity index is 1260. The molecule has 0 aliphatic rings. The van der Waals surface area contributed by atoms with Gasteiger partial charge >= 0.3 is 0 Å². The first-order valence-corrected chi connectivity index (χ1v) is 11.2. The summed E-state index contributed by atoms with van der Waals surface area (Å²) in [5.41, 5.74) is 0.856. The Morgan fingerprint density at radius 3 is 2.24 bits per heavy atom. The first-order chi connectivity index (χ1) is 15.6. The first kappa shape index (κ1) is 24.0. The molecule has 33 heavy (non-hydrogen) atoms. The third-order valence-electron chi connectivity index (χ3n) is 4.74. The number of carbonyl (C=O) groups excluding carboxylic acids is 1. The average molecular weight is 477 g/mol. The van der Waals surface area contributed by atoms with Crippen molar-refractivity contribution in [2.45, 2.75) is 11.8 Å². The van der Waals surface area contributed by atoms with Crippen LogP contribution in [0.2, 0.25) is 0 Å². The number of ether oxygens (including phenoxy) is 2. The topological polar surface area (TPSA) is 84.9 Å². The third-order valence-corrected chi connectivity index (χ3v) is 6.53. The summed E-state index contributed by atoms with van der Waals surface area (Å²) in [5.74, 6) is -2.36. The highest BCUT2D eigenvalue weighted by Crippen LogP contribution is 2.31. The molecule has 0 fully saturated rings. The van der Waals surface area contributed by atoms with Crippen LogP contribution in [0.15, 0.2) is 65.6 Å². The summed E-state index contributed by atoms with van der Waals surface area (Å²) in [6.07, 6.45) is 0. The molecule has 0 aliphatic heterocycles. The summed E-state index contributed by atoms with van der Waals surface area (Å²) in [7, 11) is -1.46. The van der Waals surface area contributed by atoms with Crippen LogP contribution in [0.4, 0.5) is 20.2 Å². The molecule has 0 radical (unpaired) electrons. The Labute approximate surface area is 190 Å². The fourth-order valence-electron chi connectivity index (χ4n) is 3.07. The molecule has 3 aromatic rings. The highest BCUT2D eigenvalue weighted by atomic mass is 32.2. The first-order valence-electron chi connectivity index (χ1n) is 9.72. The van der Waals surface area contributed by atoms with Gasteiger partial charge in [-0.1, -0.05) is 6.07 Å². The highest BCUT2D eigenvalue weighted by molar-refractivity contribution is 7.93. The number of sulfonamides is 1. The van der Waals surface area contributed by atoms with Crippen LogP contribution < -0.4 is 19.1 Å². The zero-order valence-corrected chi connectivity index (χ0v) is 18.9. The number of amides is 1. The molecule has 0 bridgehead atoms. The lowest BCUT2D eigenvalue weighted by molar-refractivity contribution is -0.114. The molecule has 0 saturated heterocycles. The molecule has 0 atom stereocenters. The van der Waals surface area contributed by atoms with E-state index in [0.29, 0.717) is 11.3 Å². The van der Waals surface area contributed by atoms with E-state index in [1.54, 1.807) is 25.1 Å². The number of methoxy groups -OCH3 is 2. The van der Waals surface area contributed by atoms with E-state index in [0.717, 1.165) is 16.4 Å². The van der Waals surface area contributed by atoms with E-state index in [-0.39, 0.29) is 22.0 Å². The van der Waals surface area contributed by atoms with Gasteiger partial charge in [-0.05, 0) is 61.0 Å². The minimum atomic E-state index is -4.27. The molecule has 3 rings (SSSR count). The van der Waals surface area contributed by atoms with Crippen molar-refractivity contribution >= 4 is 27.3 Å². The smallest absolute Gasteiger partial charge is 0.268 e. The number of nitrogens with zero attached hydrogens (tertiary/aromatic N) is 1. The molecule has 0 aromatic heterocycles. The van der Waals surface area contributed by atoms with Gasteiger partial charge in [0.2, 0.25) is 5.91 Å².